The number of aromatic nitrogens is 3. The molecule has 3 aromatic rings. The molecule has 5 heteroatoms. The zero-order valence-corrected chi connectivity index (χ0v) is 14.5. The summed E-state index contributed by atoms with van der Waals surface area (Å²) in [7, 11) is 0. The van der Waals surface area contributed by atoms with Gasteiger partial charge in [-0.1, -0.05) is 0 Å². The minimum absolute atomic E-state index is 0.307. The van der Waals surface area contributed by atoms with Crippen molar-refractivity contribution in [2.45, 2.75) is 51.3 Å². The molecule has 0 bridgehead atoms. The summed E-state index contributed by atoms with van der Waals surface area (Å²) in [6.07, 6.45) is 10.4. The van der Waals surface area contributed by atoms with E-state index >= 15 is 0 Å². The Morgan fingerprint density at radius 3 is 2.72 bits per heavy atom. The summed E-state index contributed by atoms with van der Waals surface area (Å²) in [5, 5.41) is 11.9. The number of hydrogen-bond donors (Lipinski definition) is 2. The molecule has 0 aliphatic heterocycles. The van der Waals surface area contributed by atoms with Gasteiger partial charge in [0.15, 0.2) is 0 Å². The highest BCUT2D eigenvalue weighted by molar-refractivity contribution is 5.83. The van der Waals surface area contributed by atoms with Crippen LogP contribution in [-0.2, 0) is 6.54 Å². The Balaban J connectivity index is 1.30. The molecular weight excluding hydrogens is 312 g/mol. The van der Waals surface area contributed by atoms with Crippen LogP contribution in [0.4, 0.5) is 0 Å². The van der Waals surface area contributed by atoms with Crippen LogP contribution in [0.25, 0.3) is 10.9 Å². The van der Waals surface area contributed by atoms with Crippen LogP contribution in [-0.4, -0.2) is 27.3 Å². The number of aromatic amines is 1. The van der Waals surface area contributed by atoms with Crippen molar-refractivity contribution in [3.05, 3.63) is 54.0 Å². The fourth-order valence-corrected chi connectivity index (χ4v) is 3.59. The average Bonchev–Trinajstić information content (AvgIpc) is 3.14. The molecule has 2 heterocycles. The average molecular weight is 336 g/mol. The normalized spacial score (nSPS) is 20.7. The number of aryl methyl sites for hydroxylation is 1. The number of hydrogen-bond acceptors (Lipinski definition) is 4. The number of pyridine rings is 1. The van der Waals surface area contributed by atoms with Crippen LogP contribution >= 0.6 is 0 Å². The van der Waals surface area contributed by atoms with E-state index in [1.54, 1.807) is 0 Å². The van der Waals surface area contributed by atoms with Gasteiger partial charge in [-0.15, -0.1) is 0 Å². The minimum Gasteiger partial charge on any atom is -0.490 e. The van der Waals surface area contributed by atoms with E-state index in [4.69, 9.17) is 4.74 Å². The van der Waals surface area contributed by atoms with Gasteiger partial charge in [0, 0.05) is 35.9 Å². The second-order valence-corrected chi connectivity index (χ2v) is 6.85. The molecule has 0 unspecified atom stereocenters. The van der Waals surface area contributed by atoms with Gasteiger partial charge in [0.2, 0.25) is 0 Å². The van der Waals surface area contributed by atoms with Crippen LogP contribution in [0.2, 0.25) is 0 Å². The van der Waals surface area contributed by atoms with Crippen LogP contribution in [0.5, 0.6) is 5.75 Å². The van der Waals surface area contributed by atoms with Crippen LogP contribution < -0.4 is 10.1 Å². The van der Waals surface area contributed by atoms with Crippen molar-refractivity contribution in [1.82, 2.24) is 20.5 Å². The van der Waals surface area contributed by atoms with E-state index in [2.05, 4.69) is 45.6 Å². The van der Waals surface area contributed by atoms with Gasteiger partial charge in [0.25, 0.3) is 0 Å². The molecule has 2 aromatic heterocycles. The summed E-state index contributed by atoms with van der Waals surface area (Å²) >= 11 is 0. The summed E-state index contributed by atoms with van der Waals surface area (Å²) in [6.45, 7) is 3.02. The van der Waals surface area contributed by atoms with Gasteiger partial charge in [-0.05, 0) is 62.4 Å². The van der Waals surface area contributed by atoms with Crippen LogP contribution in [0, 0.1) is 6.92 Å². The van der Waals surface area contributed by atoms with Crippen molar-refractivity contribution >= 4 is 10.9 Å². The first-order valence-corrected chi connectivity index (χ1v) is 9.01. The molecule has 1 saturated carbocycles. The molecule has 2 N–H and O–H groups in total. The summed E-state index contributed by atoms with van der Waals surface area (Å²) in [5.41, 5.74) is 3.52. The third-order valence-corrected chi connectivity index (χ3v) is 5.16. The predicted octanol–water partition coefficient (Wildman–Crippen LogP) is 3.75. The highest BCUT2D eigenvalue weighted by Gasteiger charge is 2.22. The lowest BCUT2D eigenvalue weighted by molar-refractivity contribution is 0.138. The zero-order valence-electron chi connectivity index (χ0n) is 14.5. The molecule has 0 spiro atoms. The number of ether oxygens (including phenoxy) is 1. The molecule has 5 nitrogen and oxygen atoms in total. The van der Waals surface area contributed by atoms with Gasteiger partial charge in [0.05, 0.1) is 17.8 Å². The molecule has 1 fully saturated rings. The van der Waals surface area contributed by atoms with Crippen molar-refractivity contribution < 1.29 is 4.74 Å². The van der Waals surface area contributed by atoms with E-state index in [0.29, 0.717) is 12.1 Å². The Kier molecular flexibility index (Phi) is 4.65. The van der Waals surface area contributed by atoms with Crippen molar-refractivity contribution in [1.29, 1.82) is 0 Å². The van der Waals surface area contributed by atoms with Crippen molar-refractivity contribution in [3.63, 3.8) is 0 Å². The van der Waals surface area contributed by atoms with Crippen LogP contribution in [0.3, 0.4) is 0 Å². The Labute approximate surface area is 147 Å². The highest BCUT2D eigenvalue weighted by atomic mass is 16.5. The first-order valence-electron chi connectivity index (χ1n) is 9.01. The van der Waals surface area contributed by atoms with Crippen molar-refractivity contribution in [3.8, 4) is 5.75 Å². The Bertz CT molecular complexity index is 822. The Morgan fingerprint density at radius 2 is 1.92 bits per heavy atom. The molecule has 1 aliphatic rings. The lowest BCUT2D eigenvalue weighted by Gasteiger charge is -2.30. The molecule has 4 rings (SSSR count). The van der Waals surface area contributed by atoms with Crippen molar-refractivity contribution in [2.24, 2.45) is 0 Å². The summed E-state index contributed by atoms with van der Waals surface area (Å²) in [4.78, 5) is 4.06. The zero-order chi connectivity index (χ0) is 17.1. The van der Waals surface area contributed by atoms with E-state index in [9.17, 15) is 0 Å². The first kappa shape index (κ1) is 16.1. The van der Waals surface area contributed by atoms with E-state index < -0.39 is 0 Å². The number of H-pyrrole nitrogens is 1. The van der Waals surface area contributed by atoms with E-state index in [-0.39, 0.29) is 0 Å². The lowest BCUT2D eigenvalue weighted by atomic mass is 9.92. The number of nitrogens with zero attached hydrogens (tertiary/aromatic N) is 2. The summed E-state index contributed by atoms with van der Waals surface area (Å²) < 4.78 is 6.30. The van der Waals surface area contributed by atoms with Crippen LogP contribution in [0.1, 0.15) is 36.8 Å². The molecule has 1 aliphatic carbocycles. The second kappa shape index (κ2) is 7.23. The smallest absolute Gasteiger partial charge is 0.123 e. The standard InChI is InChI=1S/C20H24N4O/c1-14-18-13-23-24-19(18)6-7-20(14)25-17-4-2-16(3-5-17)22-12-15-8-10-21-11-9-15/h6-11,13,16-17,22H,2-5,12H2,1H3,(H,23,24)/t16-,17-. The van der Waals surface area contributed by atoms with Gasteiger partial charge in [-0.25, -0.2) is 0 Å². The van der Waals surface area contributed by atoms with E-state index in [1.165, 1.54) is 11.1 Å². The topological polar surface area (TPSA) is 62.8 Å². The SMILES string of the molecule is Cc1c(O[C@H]2CC[C@H](NCc3ccncc3)CC2)ccc2[nH]ncc12. The van der Waals surface area contributed by atoms with E-state index in [1.807, 2.05) is 24.7 Å². The van der Waals surface area contributed by atoms with Gasteiger partial charge in [-0.3, -0.25) is 10.1 Å². The third-order valence-electron chi connectivity index (χ3n) is 5.16. The maximum atomic E-state index is 6.30. The maximum Gasteiger partial charge on any atom is 0.123 e. The molecule has 0 atom stereocenters. The van der Waals surface area contributed by atoms with Crippen molar-refractivity contribution in [2.75, 3.05) is 0 Å². The molecule has 25 heavy (non-hydrogen) atoms. The highest BCUT2D eigenvalue weighted by Crippen LogP contribution is 2.30. The monoisotopic (exact) mass is 336 g/mol. The predicted molar refractivity (Wildman–Crippen MR) is 98.6 cm³/mol. The van der Waals surface area contributed by atoms with Crippen LogP contribution in [0.15, 0.2) is 42.9 Å². The van der Waals surface area contributed by atoms with Gasteiger partial charge >= 0.3 is 0 Å². The second-order valence-electron chi connectivity index (χ2n) is 6.85. The minimum atomic E-state index is 0.307. The molecular formula is C20H24N4O. The number of rotatable bonds is 5. The maximum absolute atomic E-state index is 6.30. The number of benzene rings is 1. The summed E-state index contributed by atoms with van der Waals surface area (Å²) in [6, 6.07) is 8.81. The fourth-order valence-electron chi connectivity index (χ4n) is 3.59. The number of fused-ring (bicyclic) bond motifs is 1. The molecule has 1 aromatic carbocycles. The molecule has 0 radical (unpaired) electrons. The molecule has 130 valence electrons. The first-order chi connectivity index (χ1) is 12.3. The van der Waals surface area contributed by atoms with Gasteiger partial charge in [-0.2, -0.15) is 5.10 Å². The van der Waals surface area contributed by atoms with Gasteiger partial charge in [0.1, 0.15) is 5.75 Å². The van der Waals surface area contributed by atoms with Gasteiger partial charge < -0.3 is 10.1 Å². The molecule has 0 amide bonds. The number of nitrogens with one attached hydrogen (secondary N) is 2. The quantitative estimate of drug-likeness (QED) is 0.745. The molecule has 0 saturated heterocycles. The largest absolute Gasteiger partial charge is 0.490 e. The summed E-state index contributed by atoms with van der Waals surface area (Å²) in [5.74, 6) is 0.988. The fraction of sp³-hybridized carbons (Fsp3) is 0.400. The lowest BCUT2D eigenvalue weighted by Crippen LogP contribution is -2.36. The Hall–Kier alpha value is -2.40. The van der Waals surface area contributed by atoms with E-state index in [0.717, 1.165) is 48.9 Å². The third kappa shape index (κ3) is 3.66. The Morgan fingerprint density at radius 1 is 1.12 bits per heavy atom.